The third-order valence-electron chi connectivity index (χ3n) is 3.08. The summed E-state index contributed by atoms with van der Waals surface area (Å²) in [6, 6.07) is 11.5. The van der Waals surface area contributed by atoms with Crippen molar-refractivity contribution in [2.24, 2.45) is 0 Å². The third-order valence-corrected chi connectivity index (χ3v) is 3.08. The number of nitrogens with zero attached hydrogens (tertiary/aromatic N) is 2. The van der Waals surface area contributed by atoms with Crippen molar-refractivity contribution >= 4 is 5.65 Å². The van der Waals surface area contributed by atoms with Crippen LogP contribution in [0, 0.1) is 0 Å². The maximum absolute atomic E-state index is 9.15. The Balaban J connectivity index is 2.15. The molecule has 0 radical (unpaired) electrons. The highest BCUT2D eigenvalue weighted by molar-refractivity contribution is 5.69. The zero-order valence-corrected chi connectivity index (χ0v) is 10.6. The largest absolute Gasteiger partial charge is 0.496 e. The van der Waals surface area contributed by atoms with Gasteiger partial charge in [0.15, 0.2) is 0 Å². The Bertz CT molecular complexity index is 719. The molecule has 4 heteroatoms. The van der Waals surface area contributed by atoms with Crippen molar-refractivity contribution in [1.29, 1.82) is 0 Å². The zero-order chi connectivity index (χ0) is 13.2. The summed E-state index contributed by atoms with van der Waals surface area (Å²) in [6.45, 7) is 0.0259. The van der Waals surface area contributed by atoms with Crippen molar-refractivity contribution in [2.75, 3.05) is 7.11 Å². The van der Waals surface area contributed by atoms with Crippen LogP contribution in [0.2, 0.25) is 0 Å². The number of rotatable bonds is 3. The van der Waals surface area contributed by atoms with E-state index < -0.39 is 0 Å². The number of hydrogen-bond donors (Lipinski definition) is 1. The monoisotopic (exact) mass is 254 g/mol. The topological polar surface area (TPSA) is 46.8 Å². The van der Waals surface area contributed by atoms with Crippen LogP contribution in [0.3, 0.4) is 0 Å². The number of para-hydroxylation sites is 1. The van der Waals surface area contributed by atoms with Gasteiger partial charge in [-0.2, -0.15) is 0 Å². The third kappa shape index (κ3) is 2.06. The summed E-state index contributed by atoms with van der Waals surface area (Å²) in [5.41, 5.74) is 3.52. The van der Waals surface area contributed by atoms with Crippen LogP contribution in [0.15, 0.2) is 48.8 Å². The molecule has 0 amide bonds. The minimum Gasteiger partial charge on any atom is -0.496 e. The van der Waals surface area contributed by atoms with Crippen LogP contribution < -0.4 is 4.74 Å². The first kappa shape index (κ1) is 11.7. The van der Waals surface area contributed by atoms with Gasteiger partial charge in [0.1, 0.15) is 11.4 Å². The first-order chi connectivity index (χ1) is 9.31. The van der Waals surface area contributed by atoms with Crippen LogP contribution in [0.25, 0.3) is 16.9 Å². The lowest BCUT2D eigenvalue weighted by atomic mass is 10.1. The van der Waals surface area contributed by atoms with E-state index in [0.29, 0.717) is 0 Å². The van der Waals surface area contributed by atoms with Crippen molar-refractivity contribution in [2.45, 2.75) is 6.61 Å². The molecule has 0 bridgehead atoms. The molecule has 1 aromatic carbocycles. The highest BCUT2D eigenvalue weighted by Crippen LogP contribution is 2.28. The highest BCUT2D eigenvalue weighted by atomic mass is 16.5. The Labute approximate surface area is 110 Å². The van der Waals surface area contributed by atoms with E-state index in [0.717, 1.165) is 28.2 Å². The second-order valence-electron chi connectivity index (χ2n) is 4.29. The summed E-state index contributed by atoms with van der Waals surface area (Å²) < 4.78 is 7.26. The van der Waals surface area contributed by atoms with Gasteiger partial charge in [-0.25, -0.2) is 4.98 Å². The van der Waals surface area contributed by atoms with Crippen molar-refractivity contribution in [3.05, 3.63) is 54.4 Å². The predicted octanol–water partition coefficient (Wildman–Crippen LogP) is 2.50. The molecule has 0 unspecified atom stereocenters. The Hall–Kier alpha value is -2.33. The summed E-state index contributed by atoms with van der Waals surface area (Å²) in [7, 11) is 1.65. The smallest absolute Gasteiger partial charge is 0.137 e. The lowest BCUT2D eigenvalue weighted by molar-refractivity contribution is 0.281. The van der Waals surface area contributed by atoms with E-state index in [4.69, 9.17) is 9.84 Å². The van der Waals surface area contributed by atoms with Gasteiger partial charge in [0, 0.05) is 18.0 Å². The van der Waals surface area contributed by atoms with E-state index in [1.807, 2.05) is 53.2 Å². The van der Waals surface area contributed by atoms with Crippen LogP contribution in [0.5, 0.6) is 5.75 Å². The Kier molecular flexibility index (Phi) is 2.93. The lowest BCUT2D eigenvalue weighted by Gasteiger charge is -2.04. The predicted molar refractivity (Wildman–Crippen MR) is 73.1 cm³/mol. The molecule has 3 rings (SSSR count). The lowest BCUT2D eigenvalue weighted by Crippen LogP contribution is -1.88. The Morgan fingerprint density at radius 1 is 1.16 bits per heavy atom. The number of aliphatic hydroxyl groups excluding tert-OH is 1. The van der Waals surface area contributed by atoms with E-state index in [-0.39, 0.29) is 6.61 Å². The van der Waals surface area contributed by atoms with Crippen LogP contribution in [-0.4, -0.2) is 21.6 Å². The van der Waals surface area contributed by atoms with Crippen molar-refractivity contribution in [3.63, 3.8) is 0 Å². The minimum atomic E-state index is 0.0259. The van der Waals surface area contributed by atoms with Crippen LogP contribution >= 0.6 is 0 Å². The molecule has 1 N–H and O–H groups in total. The van der Waals surface area contributed by atoms with Crippen molar-refractivity contribution < 1.29 is 9.84 Å². The highest BCUT2D eigenvalue weighted by Gasteiger charge is 2.09. The number of pyridine rings is 1. The molecule has 0 aliphatic heterocycles. The fourth-order valence-electron chi connectivity index (χ4n) is 2.12. The van der Waals surface area contributed by atoms with Gasteiger partial charge in [0.2, 0.25) is 0 Å². The molecule has 0 aliphatic carbocycles. The molecule has 3 aromatic rings. The van der Waals surface area contributed by atoms with Gasteiger partial charge in [0.25, 0.3) is 0 Å². The summed E-state index contributed by atoms with van der Waals surface area (Å²) in [5.74, 6) is 0.799. The van der Waals surface area contributed by atoms with Gasteiger partial charge in [-0.1, -0.05) is 18.2 Å². The number of methoxy groups -OCH3 is 1. The number of fused-ring (bicyclic) bond motifs is 1. The Morgan fingerprint density at radius 3 is 2.79 bits per heavy atom. The zero-order valence-electron chi connectivity index (χ0n) is 10.6. The van der Waals surface area contributed by atoms with E-state index >= 15 is 0 Å². The van der Waals surface area contributed by atoms with Crippen molar-refractivity contribution in [3.8, 4) is 17.0 Å². The molecule has 0 aliphatic rings. The molecule has 96 valence electrons. The van der Waals surface area contributed by atoms with E-state index in [1.165, 1.54) is 0 Å². The summed E-state index contributed by atoms with van der Waals surface area (Å²) in [5, 5.41) is 9.15. The van der Waals surface area contributed by atoms with Gasteiger partial charge in [0.05, 0.1) is 19.4 Å². The van der Waals surface area contributed by atoms with Gasteiger partial charge >= 0.3 is 0 Å². The van der Waals surface area contributed by atoms with E-state index in [1.54, 1.807) is 7.11 Å². The molecule has 0 spiro atoms. The number of benzene rings is 1. The standard InChI is InChI=1S/C15H14N2O2/c1-19-14-5-3-2-4-12(14)13-9-17-8-11(10-18)6-7-15(17)16-13/h2-9,18H,10H2,1H3. The number of aliphatic hydroxyl groups is 1. The van der Waals surface area contributed by atoms with Gasteiger partial charge in [-0.3, -0.25) is 0 Å². The summed E-state index contributed by atoms with van der Waals surface area (Å²) >= 11 is 0. The first-order valence-corrected chi connectivity index (χ1v) is 6.03. The molecular formula is C15H14N2O2. The Morgan fingerprint density at radius 2 is 2.00 bits per heavy atom. The fourth-order valence-corrected chi connectivity index (χ4v) is 2.12. The number of imidazole rings is 1. The van der Waals surface area contributed by atoms with Crippen LogP contribution in [0.1, 0.15) is 5.56 Å². The summed E-state index contributed by atoms with van der Waals surface area (Å²) in [4.78, 5) is 4.57. The molecule has 0 atom stereocenters. The average Bonchev–Trinajstić information content (AvgIpc) is 2.89. The molecular weight excluding hydrogens is 240 g/mol. The maximum atomic E-state index is 9.15. The SMILES string of the molecule is COc1ccccc1-c1cn2cc(CO)ccc2n1. The van der Waals surface area contributed by atoms with Gasteiger partial charge in [-0.15, -0.1) is 0 Å². The van der Waals surface area contributed by atoms with Crippen LogP contribution in [-0.2, 0) is 6.61 Å². The summed E-state index contributed by atoms with van der Waals surface area (Å²) in [6.07, 6.45) is 3.81. The number of hydrogen-bond acceptors (Lipinski definition) is 3. The minimum absolute atomic E-state index is 0.0259. The van der Waals surface area contributed by atoms with Gasteiger partial charge < -0.3 is 14.2 Å². The molecule has 4 nitrogen and oxygen atoms in total. The molecule has 2 aromatic heterocycles. The van der Waals surface area contributed by atoms with Crippen molar-refractivity contribution in [1.82, 2.24) is 9.38 Å². The van der Waals surface area contributed by atoms with Gasteiger partial charge in [-0.05, 0) is 23.8 Å². The maximum Gasteiger partial charge on any atom is 0.137 e. The molecule has 19 heavy (non-hydrogen) atoms. The average molecular weight is 254 g/mol. The quantitative estimate of drug-likeness (QED) is 0.781. The molecule has 2 heterocycles. The molecule has 0 fully saturated rings. The first-order valence-electron chi connectivity index (χ1n) is 6.03. The fraction of sp³-hybridized carbons (Fsp3) is 0.133. The normalized spacial score (nSPS) is 10.8. The van der Waals surface area contributed by atoms with E-state index in [9.17, 15) is 0 Å². The second-order valence-corrected chi connectivity index (χ2v) is 4.29. The molecule has 0 saturated carbocycles. The molecule has 0 saturated heterocycles. The van der Waals surface area contributed by atoms with E-state index in [2.05, 4.69) is 4.98 Å². The number of ether oxygens (including phenoxy) is 1. The van der Waals surface area contributed by atoms with Crippen LogP contribution in [0.4, 0.5) is 0 Å². The number of aromatic nitrogens is 2. The second kappa shape index (κ2) is 4.74.